The van der Waals surface area contributed by atoms with Gasteiger partial charge in [0.2, 0.25) is 5.91 Å². The summed E-state index contributed by atoms with van der Waals surface area (Å²) in [5, 5.41) is 4.69. The van der Waals surface area contributed by atoms with Crippen LogP contribution >= 0.6 is 11.3 Å². The minimum Gasteiger partial charge on any atom is -0.369 e. The molecule has 1 aromatic heterocycles. The van der Waals surface area contributed by atoms with Gasteiger partial charge in [-0.15, -0.1) is 11.3 Å². The van der Waals surface area contributed by atoms with Gasteiger partial charge in [-0.1, -0.05) is 0 Å². The number of rotatable bonds is 4. The average molecular weight is 267 g/mol. The summed E-state index contributed by atoms with van der Waals surface area (Å²) >= 11 is 1.76. The van der Waals surface area contributed by atoms with Crippen LogP contribution in [0.5, 0.6) is 0 Å². The maximum Gasteiger partial charge on any atom is 0.220 e. The van der Waals surface area contributed by atoms with Gasteiger partial charge in [-0.2, -0.15) is 0 Å². The van der Waals surface area contributed by atoms with Crippen LogP contribution in [-0.4, -0.2) is 16.9 Å². The van der Waals surface area contributed by atoms with Crippen molar-refractivity contribution in [3.8, 4) is 0 Å². The summed E-state index contributed by atoms with van der Waals surface area (Å²) in [6.45, 7) is 4.99. The van der Waals surface area contributed by atoms with Crippen LogP contribution in [0, 0.1) is 19.8 Å². The first-order valence-corrected chi connectivity index (χ1v) is 7.33. The number of thiazole rings is 1. The topological polar surface area (TPSA) is 68.0 Å². The van der Waals surface area contributed by atoms with Crippen LogP contribution in [0.3, 0.4) is 0 Å². The zero-order chi connectivity index (χ0) is 13.1. The first-order chi connectivity index (χ1) is 8.56. The van der Waals surface area contributed by atoms with Crippen LogP contribution < -0.4 is 11.1 Å². The van der Waals surface area contributed by atoms with Crippen molar-refractivity contribution in [3.63, 3.8) is 0 Å². The lowest BCUT2D eigenvalue weighted by molar-refractivity contribution is -0.122. The summed E-state index contributed by atoms with van der Waals surface area (Å²) in [5.74, 6) is -0.0491. The Labute approximate surface area is 112 Å². The number of nitrogens with zero attached hydrogens (tertiary/aromatic N) is 1. The SMILES string of the molecule is Cc1nc(CNC2CCC(C(N)=O)CC2)sc1C. The molecule has 1 fully saturated rings. The van der Waals surface area contributed by atoms with Crippen molar-refractivity contribution in [1.29, 1.82) is 0 Å². The van der Waals surface area contributed by atoms with Gasteiger partial charge in [-0.05, 0) is 39.5 Å². The Hall–Kier alpha value is -0.940. The Kier molecular flexibility index (Phi) is 4.35. The van der Waals surface area contributed by atoms with Gasteiger partial charge in [0.05, 0.1) is 5.69 Å². The number of hydrogen-bond acceptors (Lipinski definition) is 4. The van der Waals surface area contributed by atoms with E-state index in [4.69, 9.17) is 5.73 Å². The predicted molar refractivity (Wildman–Crippen MR) is 73.4 cm³/mol. The number of aryl methyl sites for hydroxylation is 2. The predicted octanol–water partition coefficient (Wildman–Crippen LogP) is 1.89. The standard InChI is InChI=1S/C13H21N3OS/c1-8-9(2)18-12(16-8)7-15-11-5-3-10(4-6-11)13(14)17/h10-11,15H,3-7H2,1-2H3,(H2,14,17). The second-order valence-corrected chi connectivity index (χ2v) is 6.37. The van der Waals surface area contributed by atoms with E-state index >= 15 is 0 Å². The number of nitrogens with one attached hydrogen (secondary N) is 1. The van der Waals surface area contributed by atoms with Crippen LogP contribution in [0.15, 0.2) is 0 Å². The highest BCUT2D eigenvalue weighted by molar-refractivity contribution is 7.11. The zero-order valence-electron chi connectivity index (χ0n) is 11.0. The fourth-order valence-corrected chi connectivity index (χ4v) is 3.31. The van der Waals surface area contributed by atoms with Gasteiger partial charge >= 0.3 is 0 Å². The van der Waals surface area contributed by atoms with Crippen molar-refractivity contribution in [2.45, 2.75) is 52.1 Å². The zero-order valence-corrected chi connectivity index (χ0v) is 11.8. The molecule has 18 heavy (non-hydrogen) atoms. The van der Waals surface area contributed by atoms with Gasteiger partial charge in [-0.3, -0.25) is 4.79 Å². The molecule has 1 aliphatic rings. The third-order valence-electron chi connectivity index (χ3n) is 3.74. The molecule has 1 amide bonds. The first-order valence-electron chi connectivity index (χ1n) is 6.52. The van der Waals surface area contributed by atoms with E-state index in [9.17, 15) is 4.79 Å². The van der Waals surface area contributed by atoms with Crippen molar-refractivity contribution >= 4 is 17.2 Å². The molecule has 0 aliphatic heterocycles. The Morgan fingerprint density at radius 1 is 1.39 bits per heavy atom. The fourth-order valence-electron chi connectivity index (χ4n) is 2.43. The highest BCUT2D eigenvalue weighted by Crippen LogP contribution is 2.24. The number of carbonyl (C=O) groups is 1. The molecular formula is C13H21N3OS. The lowest BCUT2D eigenvalue weighted by atomic mass is 9.85. The van der Waals surface area contributed by atoms with E-state index in [0.29, 0.717) is 6.04 Å². The number of hydrogen-bond donors (Lipinski definition) is 2. The third-order valence-corrected chi connectivity index (χ3v) is 4.82. The lowest BCUT2D eigenvalue weighted by Gasteiger charge is -2.27. The summed E-state index contributed by atoms with van der Waals surface area (Å²) in [6.07, 6.45) is 3.92. The smallest absolute Gasteiger partial charge is 0.220 e. The maximum absolute atomic E-state index is 11.1. The Morgan fingerprint density at radius 2 is 2.06 bits per heavy atom. The average Bonchev–Trinajstić information content (AvgIpc) is 2.67. The second kappa shape index (κ2) is 5.80. The molecule has 1 aromatic rings. The number of aromatic nitrogens is 1. The Balaban J connectivity index is 1.77. The van der Waals surface area contributed by atoms with E-state index in [0.717, 1.165) is 42.9 Å². The molecule has 0 atom stereocenters. The number of amides is 1. The van der Waals surface area contributed by atoms with Crippen LogP contribution in [0.2, 0.25) is 0 Å². The molecule has 1 heterocycles. The Bertz CT molecular complexity index is 402. The molecule has 2 rings (SSSR count). The van der Waals surface area contributed by atoms with Crippen molar-refractivity contribution in [1.82, 2.24) is 10.3 Å². The number of carbonyl (C=O) groups excluding carboxylic acids is 1. The largest absolute Gasteiger partial charge is 0.369 e. The van der Waals surface area contributed by atoms with E-state index in [1.54, 1.807) is 11.3 Å². The molecule has 5 heteroatoms. The fraction of sp³-hybridized carbons (Fsp3) is 0.692. The summed E-state index contributed by atoms with van der Waals surface area (Å²) in [4.78, 5) is 16.9. The molecule has 0 saturated heterocycles. The van der Waals surface area contributed by atoms with E-state index < -0.39 is 0 Å². The van der Waals surface area contributed by atoms with Crippen molar-refractivity contribution in [2.24, 2.45) is 11.7 Å². The molecule has 0 aromatic carbocycles. The van der Waals surface area contributed by atoms with Crippen LogP contribution in [0.4, 0.5) is 0 Å². The van der Waals surface area contributed by atoms with Crippen LogP contribution in [-0.2, 0) is 11.3 Å². The highest BCUT2D eigenvalue weighted by atomic mass is 32.1. The van der Waals surface area contributed by atoms with E-state index in [1.807, 2.05) is 6.92 Å². The summed E-state index contributed by atoms with van der Waals surface area (Å²) in [7, 11) is 0. The lowest BCUT2D eigenvalue weighted by Crippen LogP contribution is -2.36. The molecule has 0 spiro atoms. The van der Waals surface area contributed by atoms with Crippen molar-refractivity contribution < 1.29 is 4.79 Å². The van der Waals surface area contributed by atoms with Crippen LogP contribution in [0.25, 0.3) is 0 Å². The minimum absolute atomic E-state index is 0.0902. The molecule has 0 unspecified atom stereocenters. The molecule has 1 aliphatic carbocycles. The van der Waals surface area contributed by atoms with Gasteiger partial charge in [0.1, 0.15) is 5.01 Å². The molecule has 100 valence electrons. The van der Waals surface area contributed by atoms with Crippen molar-refractivity contribution in [3.05, 3.63) is 15.6 Å². The molecule has 3 N–H and O–H groups in total. The van der Waals surface area contributed by atoms with Gasteiger partial charge < -0.3 is 11.1 Å². The van der Waals surface area contributed by atoms with E-state index in [-0.39, 0.29) is 11.8 Å². The molecule has 0 radical (unpaired) electrons. The van der Waals surface area contributed by atoms with Gasteiger partial charge in [0, 0.05) is 23.4 Å². The van der Waals surface area contributed by atoms with Gasteiger partial charge in [-0.25, -0.2) is 4.98 Å². The van der Waals surface area contributed by atoms with Crippen LogP contribution in [0.1, 0.15) is 41.3 Å². The van der Waals surface area contributed by atoms with Gasteiger partial charge in [0.15, 0.2) is 0 Å². The van der Waals surface area contributed by atoms with Crippen molar-refractivity contribution in [2.75, 3.05) is 0 Å². The summed E-state index contributed by atoms with van der Waals surface area (Å²) in [5.41, 5.74) is 6.46. The second-order valence-electron chi connectivity index (χ2n) is 5.08. The molecular weight excluding hydrogens is 246 g/mol. The quantitative estimate of drug-likeness (QED) is 0.875. The molecule has 0 bridgehead atoms. The minimum atomic E-state index is -0.139. The molecule has 1 saturated carbocycles. The Morgan fingerprint density at radius 3 is 2.56 bits per heavy atom. The first kappa shape index (κ1) is 13.5. The normalized spacial score (nSPS) is 24.1. The monoisotopic (exact) mass is 267 g/mol. The summed E-state index contributed by atoms with van der Waals surface area (Å²) in [6, 6.07) is 0.505. The number of primary amides is 1. The van der Waals surface area contributed by atoms with E-state index in [1.165, 1.54) is 4.88 Å². The number of nitrogens with two attached hydrogens (primary N) is 1. The summed E-state index contributed by atoms with van der Waals surface area (Å²) < 4.78 is 0. The maximum atomic E-state index is 11.1. The van der Waals surface area contributed by atoms with E-state index in [2.05, 4.69) is 17.2 Å². The van der Waals surface area contributed by atoms with Gasteiger partial charge in [0.25, 0.3) is 0 Å². The molecule has 4 nitrogen and oxygen atoms in total. The third kappa shape index (κ3) is 3.29. The highest BCUT2D eigenvalue weighted by Gasteiger charge is 2.24.